The normalized spacial score (nSPS) is 11.4. The molecule has 0 fully saturated rings. The fourth-order valence-electron chi connectivity index (χ4n) is 1.34. The predicted octanol–water partition coefficient (Wildman–Crippen LogP) is 1.57. The summed E-state index contributed by atoms with van der Waals surface area (Å²) < 4.78 is 28.6. The number of hydrogen-bond donors (Lipinski definition) is 2. The second-order valence-corrected chi connectivity index (χ2v) is 6.21. The Morgan fingerprint density at radius 2 is 2.17 bits per heavy atom. The summed E-state index contributed by atoms with van der Waals surface area (Å²) in [7, 11) is -1.98. The first-order valence-electron chi connectivity index (χ1n) is 4.94. The highest BCUT2D eigenvalue weighted by Crippen LogP contribution is 2.26. The largest absolute Gasteiger partial charge is 0.399 e. The molecule has 1 heterocycles. The van der Waals surface area contributed by atoms with Gasteiger partial charge in [-0.15, -0.1) is 0 Å². The lowest BCUT2D eigenvalue weighted by Gasteiger charge is -2.08. The summed E-state index contributed by atoms with van der Waals surface area (Å²) in [6.45, 7) is 0. The van der Waals surface area contributed by atoms with Gasteiger partial charge >= 0.3 is 0 Å². The van der Waals surface area contributed by atoms with Crippen LogP contribution in [0.2, 0.25) is 0 Å². The topological polar surface area (TPSA) is 90.0 Å². The van der Waals surface area contributed by atoms with E-state index in [1.165, 1.54) is 12.5 Å². The molecule has 2 aromatic rings. The second-order valence-electron chi connectivity index (χ2n) is 3.72. The molecule has 3 N–H and O–H groups in total. The third-order valence-electron chi connectivity index (χ3n) is 2.19. The van der Waals surface area contributed by atoms with Crippen LogP contribution in [0, 0.1) is 0 Å². The molecule has 0 bridgehead atoms. The van der Waals surface area contributed by atoms with Gasteiger partial charge in [0.1, 0.15) is 0 Å². The standard InChI is InChI=1S/C10H11BrN4O2S/c1-15-5-10(13-6-15)18(16,17)14-9-3-2-7(12)4-8(9)11/h2-6,14H,12H2,1H3. The van der Waals surface area contributed by atoms with E-state index in [-0.39, 0.29) is 5.03 Å². The second kappa shape index (κ2) is 4.62. The summed E-state index contributed by atoms with van der Waals surface area (Å²) in [6.07, 6.45) is 2.85. The van der Waals surface area contributed by atoms with E-state index in [1.54, 1.807) is 29.8 Å². The van der Waals surface area contributed by atoms with Crippen molar-refractivity contribution in [2.75, 3.05) is 10.5 Å². The third-order valence-corrected chi connectivity index (χ3v) is 4.10. The van der Waals surface area contributed by atoms with Crippen LogP contribution in [0.15, 0.2) is 40.2 Å². The molecule has 0 spiro atoms. The Kier molecular flexibility index (Phi) is 3.31. The Morgan fingerprint density at radius 3 is 2.72 bits per heavy atom. The molecule has 0 aliphatic rings. The van der Waals surface area contributed by atoms with Crippen molar-refractivity contribution in [3.8, 4) is 0 Å². The predicted molar refractivity (Wildman–Crippen MR) is 72.6 cm³/mol. The lowest BCUT2D eigenvalue weighted by atomic mass is 10.3. The number of aromatic nitrogens is 2. The molecule has 6 nitrogen and oxygen atoms in total. The number of nitrogens with one attached hydrogen (secondary N) is 1. The summed E-state index contributed by atoms with van der Waals surface area (Å²) >= 11 is 3.24. The van der Waals surface area contributed by atoms with E-state index in [9.17, 15) is 8.42 Å². The highest BCUT2D eigenvalue weighted by Gasteiger charge is 2.18. The van der Waals surface area contributed by atoms with Crippen LogP contribution >= 0.6 is 15.9 Å². The van der Waals surface area contributed by atoms with Crippen LogP contribution in [0.1, 0.15) is 0 Å². The zero-order valence-electron chi connectivity index (χ0n) is 9.46. The number of halogens is 1. The van der Waals surface area contributed by atoms with Gasteiger partial charge in [-0.25, -0.2) is 4.98 Å². The van der Waals surface area contributed by atoms with Gasteiger partial charge in [-0.1, -0.05) is 0 Å². The van der Waals surface area contributed by atoms with Crippen molar-refractivity contribution in [2.24, 2.45) is 7.05 Å². The molecule has 1 aromatic heterocycles. The molecule has 0 aliphatic carbocycles. The maximum atomic E-state index is 12.0. The Bertz CT molecular complexity index is 681. The first-order chi connectivity index (χ1) is 8.38. The van der Waals surface area contributed by atoms with E-state index in [0.717, 1.165) is 0 Å². The molecule has 18 heavy (non-hydrogen) atoms. The van der Waals surface area contributed by atoms with Gasteiger partial charge in [0.25, 0.3) is 10.0 Å². The highest BCUT2D eigenvalue weighted by atomic mass is 79.9. The van der Waals surface area contributed by atoms with Crippen molar-refractivity contribution < 1.29 is 8.42 Å². The average Bonchev–Trinajstić information content (AvgIpc) is 2.70. The number of imidazole rings is 1. The van der Waals surface area contributed by atoms with Gasteiger partial charge in [-0.2, -0.15) is 8.42 Å². The van der Waals surface area contributed by atoms with E-state index in [1.807, 2.05) is 0 Å². The molecule has 2 rings (SSSR count). The van der Waals surface area contributed by atoms with Crippen LogP contribution in [0.4, 0.5) is 11.4 Å². The van der Waals surface area contributed by atoms with E-state index in [2.05, 4.69) is 25.6 Å². The summed E-state index contributed by atoms with van der Waals surface area (Å²) in [5.74, 6) is 0. The zero-order valence-corrected chi connectivity index (χ0v) is 11.9. The van der Waals surface area contributed by atoms with Gasteiger partial charge in [0, 0.05) is 23.4 Å². The molecule has 8 heteroatoms. The number of benzene rings is 1. The van der Waals surface area contributed by atoms with E-state index < -0.39 is 10.0 Å². The van der Waals surface area contributed by atoms with Gasteiger partial charge in [-0.3, -0.25) is 4.72 Å². The summed E-state index contributed by atoms with van der Waals surface area (Å²) in [5.41, 5.74) is 6.54. The first-order valence-corrected chi connectivity index (χ1v) is 7.22. The number of nitrogens with zero attached hydrogens (tertiary/aromatic N) is 2. The Labute approximate surface area is 113 Å². The molecule has 0 aliphatic heterocycles. The minimum atomic E-state index is -3.68. The fourth-order valence-corrected chi connectivity index (χ4v) is 3.03. The fraction of sp³-hybridized carbons (Fsp3) is 0.100. The average molecular weight is 331 g/mol. The molecular formula is C10H11BrN4O2S. The van der Waals surface area contributed by atoms with Crippen molar-refractivity contribution in [1.29, 1.82) is 0 Å². The Morgan fingerprint density at radius 1 is 1.44 bits per heavy atom. The Balaban J connectivity index is 2.33. The number of nitrogens with two attached hydrogens (primary N) is 1. The number of rotatable bonds is 3. The molecule has 0 unspecified atom stereocenters. The molecule has 0 saturated carbocycles. The lowest BCUT2D eigenvalue weighted by molar-refractivity contribution is 0.598. The third kappa shape index (κ3) is 2.65. The Hall–Kier alpha value is -1.54. The number of hydrogen-bond acceptors (Lipinski definition) is 4. The minimum absolute atomic E-state index is 0.0336. The summed E-state index contributed by atoms with van der Waals surface area (Å²) in [4.78, 5) is 3.80. The highest BCUT2D eigenvalue weighted by molar-refractivity contribution is 9.10. The molecule has 1 aromatic carbocycles. The number of aryl methyl sites for hydroxylation is 1. The minimum Gasteiger partial charge on any atom is -0.399 e. The van der Waals surface area contributed by atoms with E-state index in [4.69, 9.17) is 5.73 Å². The van der Waals surface area contributed by atoms with Crippen LogP contribution in [0.25, 0.3) is 0 Å². The van der Waals surface area contributed by atoms with Crippen molar-refractivity contribution >= 4 is 37.3 Å². The molecule has 0 radical (unpaired) electrons. The lowest BCUT2D eigenvalue weighted by Crippen LogP contribution is -2.13. The van der Waals surface area contributed by atoms with Gasteiger partial charge < -0.3 is 10.3 Å². The number of nitrogen functional groups attached to an aromatic ring is 1. The van der Waals surface area contributed by atoms with Crippen LogP contribution in [0.3, 0.4) is 0 Å². The summed E-state index contributed by atoms with van der Waals surface area (Å²) in [6, 6.07) is 4.82. The van der Waals surface area contributed by atoms with Crippen LogP contribution < -0.4 is 10.5 Å². The monoisotopic (exact) mass is 330 g/mol. The van der Waals surface area contributed by atoms with Crippen molar-refractivity contribution in [3.63, 3.8) is 0 Å². The maximum Gasteiger partial charge on any atom is 0.280 e. The van der Waals surface area contributed by atoms with E-state index in [0.29, 0.717) is 15.8 Å². The van der Waals surface area contributed by atoms with E-state index >= 15 is 0 Å². The van der Waals surface area contributed by atoms with Gasteiger partial charge in [0.2, 0.25) is 0 Å². The molecular weight excluding hydrogens is 320 g/mol. The molecule has 0 amide bonds. The van der Waals surface area contributed by atoms with Crippen molar-refractivity contribution in [2.45, 2.75) is 5.03 Å². The first kappa shape index (κ1) is 12.9. The van der Waals surface area contributed by atoms with Gasteiger partial charge in [0.15, 0.2) is 5.03 Å². The number of anilines is 2. The van der Waals surface area contributed by atoms with Crippen LogP contribution in [0.5, 0.6) is 0 Å². The van der Waals surface area contributed by atoms with Crippen LogP contribution in [-0.4, -0.2) is 18.0 Å². The van der Waals surface area contributed by atoms with Gasteiger partial charge in [-0.05, 0) is 34.1 Å². The quantitative estimate of drug-likeness (QED) is 0.836. The van der Waals surface area contributed by atoms with Crippen molar-refractivity contribution in [3.05, 3.63) is 35.2 Å². The smallest absolute Gasteiger partial charge is 0.280 e. The van der Waals surface area contributed by atoms with Crippen LogP contribution in [-0.2, 0) is 17.1 Å². The maximum absolute atomic E-state index is 12.0. The van der Waals surface area contributed by atoms with Crippen molar-refractivity contribution in [1.82, 2.24) is 9.55 Å². The molecule has 0 saturated heterocycles. The molecule has 96 valence electrons. The SMILES string of the molecule is Cn1cnc(S(=O)(=O)Nc2ccc(N)cc2Br)c1. The summed E-state index contributed by atoms with van der Waals surface area (Å²) in [5, 5.41) is -0.0336. The zero-order chi connectivity index (χ0) is 13.3. The number of sulfonamides is 1. The molecule has 0 atom stereocenters. The van der Waals surface area contributed by atoms with Gasteiger partial charge in [0.05, 0.1) is 12.0 Å².